The zero-order valence-corrected chi connectivity index (χ0v) is 11.5. The summed E-state index contributed by atoms with van der Waals surface area (Å²) in [5.74, 6) is 0. The second kappa shape index (κ2) is 8.14. The van der Waals surface area contributed by atoms with E-state index in [1.54, 1.807) is 18.3 Å². The van der Waals surface area contributed by atoms with Crippen LogP contribution in [0.5, 0.6) is 0 Å². The van der Waals surface area contributed by atoms with Gasteiger partial charge in [-0.25, -0.2) is 0 Å². The second-order valence-corrected chi connectivity index (χ2v) is 3.84. The minimum absolute atomic E-state index is 0.648. The van der Waals surface area contributed by atoms with Gasteiger partial charge in [0, 0.05) is 17.5 Å². The molecule has 2 radical (unpaired) electrons. The second-order valence-electron chi connectivity index (χ2n) is 3.84. The predicted molar refractivity (Wildman–Crippen MR) is 85.3 cm³/mol. The van der Waals surface area contributed by atoms with Crippen LogP contribution in [0.3, 0.4) is 0 Å². The number of rotatable bonds is 3. The maximum atomic E-state index is 5.82. The molecule has 0 aromatic heterocycles. The molecule has 96 valence electrons. The van der Waals surface area contributed by atoms with Crippen molar-refractivity contribution in [3.8, 4) is 0 Å². The summed E-state index contributed by atoms with van der Waals surface area (Å²) in [5.41, 5.74) is 9.24. The normalized spacial score (nSPS) is 10.0. The lowest BCUT2D eigenvalue weighted by Gasteiger charge is -2.01. The Bertz CT molecular complexity index is 522. The molecule has 0 aliphatic carbocycles. The first kappa shape index (κ1) is 15.0. The van der Waals surface area contributed by atoms with E-state index in [1.165, 1.54) is 5.56 Å². The van der Waals surface area contributed by atoms with Crippen molar-refractivity contribution in [2.24, 2.45) is 4.99 Å². The Kier molecular flexibility index (Phi) is 6.44. The summed E-state index contributed by atoms with van der Waals surface area (Å²) < 4.78 is 0. The smallest absolute Gasteiger partial charge is 0.113 e. The highest BCUT2D eigenvalue weighted by Crippen LogP contribution is 2.06. The molecule has 0 bridgehead atoms. The summed E-state index contributed by atoms with van der Waals surface area (Å²) in [6.45, 7) is 4.65. The first-order chi connectivity index (χ1) is 9.25. The van der Waals surface area contributed by atoms with E-state index in [4.69, 9.17) is 13.6 Å². The van der Waals surface area contributed by atoms with Gasteiger partial charge in [0.2, 0.25) is 0 Å². The minimum atomic E-state index is 0.648. The Hall–Kier alpha value is -2.03. The molecule has 0 unspecified atom stereocenters. The van der Waals surface area contributed by atoms with Crippen LogP contribution in [0.2, 0.25) is 0 Å². The van der Waals surface area contributed by atoms with Gasteiger partial charge in [0.05, 0.1) is 6.54 Å². The fourth-order valence-electron chi connectivity index (χ4n) is 1.54. The maximum Gasteiger partial charge on any atom is 0.113 e. The number of nitrogens with two attached hydrogens (primary N) is 1. The lowest BCUT2D eigenvalue weighted by atomic mass is 9.94. The number of aliphatic imine (C=N–C) groups is 1. The summed E-state index contributed by atoms with van der Waals surface area (Å²) in [5, 5.41) is 0. The largest absolute Gasteiger partial charge is 0.398 e. The number of benzene rings is 2. The monoisotopic (exact) mass is 250 g/mol. The van der Waals surface area contributed by atoms with Crippen LogP contribution in [0.25, 0.3) is 0 Å². The molecule has 0 spiro atoms. The standard InChI is InChI=1S/C14H13BN2.C2H6/c15-13-6-7-14(16)12(8-13)10-17-9-11-4-2-1-3-5-11;1-2/h1-8,10H,9,16H2;1-2H3. The van der Waals surface area contributed by atoms with Crippen LogP contribution in [0.1, 0.15) is 25.0 Å². The average Bonchev–Trinajstić information content (AvgIpc) is 2.46. The van der Waals surface area contributed by atoms with Gasteiger partial charge in [-0.3, -0.25) is 4.99 Å². The van der Waals surface area contributed by atoms with Crippen molar-refractivity contribution in [1.82, 2.24) is 0 Å². The summed E-state index contributed by atoms with van der Waals surface area (Å²) in [6, 6.07) is 15.5. The van der Waals surface area contributed by atoms with Crippen molar-refractivity contribution in [3.63, 3.8) is 0 Å². The summed E-state index contributed by atoms with van der Waals surface area (Å²) in [6.07, 6.45) is 1.76. The third-order valence-corrected chi connectivity index (χ3v) is 2.46. The van der Waals surface area contributed by atoms with Gasteiger partial charge in [0.25, 0.3) is 0 Å². The van der Waals surface area contributed by atoms with Crippen LogP contribution in [0.15, 0.2) is 53.5 Å². The van der Waals surface area contributed by atoms with Gasteiger partial charge in [0.15, 0.2) is 0 Å². The average molecular weight is 250 g/mol. The molecular weight excluding hydrogens is 231 g/mol. The molecular formula is C16H19BN2. The van der Waals surface area contributed by atoms with Crippen LogP contribution < -0.4 is 11.2 Å². The maximum absolute atomic E-state index is 5.82. The molecule has 2 N–H and O–H groups in total. The number of hydrogen-bond donors (Lipinski definition) is 1. The summed E-state index contributed by atoms with van der Waals surface area (Å²) in [4.78, 5) is 4.35. The van der Waals surface area contributed by atoms with Gasteiger partial charge >= 0.3 is 0 Å². The van der Waals surface area contributed by atoms with Crippen LogP contribution >= 0.6 is 0 Å². The van der Waals surface area contributed by atoms with E-state index in [9.17, 15) is 0 Å². The van der Waals surface area contributed by atoms with Crippen molar-refractivity contribution < 1.29 is 0 Å². The van der Waals surface area contributed by atoms with Gasteiger partial charge in [-0.15, -0.1) is 0 Å². The van der Waals surface area contributed by atoms with E-state index >= 15 is 0 Å². The molecule has 0 saturated heterocycles. The molecule has 2 aromatic rings. The Morgan fingerprint density at radius 3 is 2.47 bits per heavy atom. The Morgan fingerprint density at radius 2 is 1.79 bits per heavy atom. The van der Waals surface area contributed by atoms with Crippen molar-refractivity contribution in [2.45, 2.75) is 20.4 Å². The Morgan fingerprint density at radius 1 is 1.11 bits per heavy atom. The van der Waals surface area contributed by atoms with Crippen molar-refractivity contribution in [1.29, 1.82) is 0 Å². The van der Waals surface area contributed by atoms with E-state index in [0.29, 0.717) is 17.7 Å². The summed E-state index contributed by atoms with van der Waals surface area (Å²) >= 11 is 0. The molecule has 0 aliphatic heterocycles. The van der Waals surface area contributed by atoms with Gasteiger partial charge in [-0.1, -0.05) is 61.8 Å². The van der Waals surface area contributed by atoms with Crippen molar-refractivity contribution in [2.75, 3.05) is 5.73 Å². The molecule has 2 nitrogen and oxygen atoms in total. The molecule has 0 saturated carbocycles. The molecule has 2 rings (SSSR count). The minimum Gasteiger partial charge on any atom is -0.398 e. The van der Waals surface area contributed by atoms with Gasteiger partial charge < -0.3 is 5.73 Å². The van der Waals surface area contributed by atoms with E-state index in [1.807, 2.05) is 50.2 Å². The highest BCUT2D eigenvalue weighted by Gasteiger charge is 1.95. The lowest BCUT2D eigenvalue weighted by Crippen LogP contribution is -2.05. The molecule has 0 atom stereocenters. The van der Waals surface area contributed by atoms with Crippen molar-refractivity contribution >= 4 is 25.2 Å². The van der Waals surface area contributed by atoms with Gasteiger partial charge in [-0.2, -0.15) is 0 Å². The molecule has 19 heavy (non-hydrogen) atoms. The third kappa shape index (κ3) is 5.00. The summed E-state index contributed by atoms with van der Waals surface area (Å²) in [7, 11) is 5.69. The van der Waals surface area contributed by atoms with Gasteiger partial charge in [0.1, 0.15) is 7.85 Å². The highest BCUT2D eigenvalue weighted by molar-refractivity contribution is 6.32. The SMILES string of the molecule is CC.[B]c1ccc(N)c(C=NCc2ccccc2)c1. The molecule has 3 heteroatoms. The zero-order valence-electron chi connectivity index (χ0n) is 11.5. The molecule has 0 heterocycles. The third-order valence-electron chi connectivity index (χ3n) is 2.46. The first-order valence-corrected chi connectivity index (χ1v) is 6.44. The van der Waals surface area contributed by atoms with E-state index in [-0.39, 0.29) is 0 Å². The number of nitrogen functional groups attached to an aromatic ring is 1. The van der Waals surface area contributed by atoms with Crippen LogP contribution in [-0.2, 0) is 6.54 Å². The van der Waals surface area contributed by atoms with Crippen LogP contribution in [-0.4, -0.2) is 14.1 Å². The number of anilines is 1. The first-order valence-electron chi connectivity index (χ1n) is 6.44. The van der Waals surface area contributed by atoms with Crippen LogP contribution in [0, 0.1) is 0 Å². The highest BCUT2D eigenvalue weighted by atomic mass is 14.7. The van der Waals surface area contributed by atoms with Crippen molar-refractivity contribution in [3.05, 3.63) is 59.7 Å². The Balaban J connectivity index is 0.000000861. The topological polar surface area (TPSA) is 38.4 Å². The van der Waals surface area contributed by atoms with Gasteiger partial charge in [-0.05, 0) is 11.6 Å². The predicted octanol–water partition coefficient (Wildman–Crippen LogP) is 2.71. The lowest BCUT2D eigenvalue weighted by molar-refractivity contribution is 1.08. The number of nitrogens with zero attached hydrogens (tertiary/aromatic N) is 1. The van der Waals surface area contributed by atoms with E-state index < -0.39 is 0 Å². The number of hydrogen-bond acceptors (Lipinski definition) is 2. The molecule has 0 amide bonds. The quantitative estimate of drug-likeness (QED) is 0.507. The zero-order chi connectivity index (χ0) is 14.1. The molecule has 2 aromatic carbocycles. The van der Waals surface area contributed by atoms with E-state index in [2.05, 4.69) is 4.99 Å². The fourth-order valence-corrected chi connectivity index (χ4v) is 1.54. The molecule has 0 fully saturated rings. The van der Waals surface area contributed by atoms with Crippen LogP contribution in [0.4, 0.5) is 5.69 Å². The molecule has 0 aliphatic rings. The fraction of sp³-hybridized carbons (Fsp3) is 0.188. The Labute approximate surface area is 116 Å². The van der Waals surface area contributed by atoms with E-state index in [0.717, 1.165) is 5.56 Å².